The standard InChI is InChI=1S/C21H28N6O5S/c1-12(22)18(28)25-15(7-13-5-3-2-4-6-13)19(29)26-16(8-14-9-23-11-24-14)20(30)27-17(10-33)21(31)32/h2-6,9,11-12,15-17,33H,7-8,10,22H2,1H3,(H,23,24)(H,25,28)(H,26,29)(H,27,30)(H,31,32). The van der Waals surface area contributed by atoms with Crippen LogP contribution in [0.4, 0.5) is 0 Å². The van der Waals surface area contributed by atoms with Gasteiger partial charge >= 0.3 is 5.97 Å². The Bertz CT molecular complexity index is 938. The summed E-state index contributed by atoms with van der Waals surface area (Å²) in [6, 6.07) is 4.81. The van der Waals surface area contributed by atoms with Crippen molar-refractivity contribution in [2.75, 3.05) is 5.75 Å². The van der Waals surface area contributed by atoms with Crippen molar-refractivity contribution in [1.82, 2.24) is 25.9 Å². The summed E-state index contributed by atoms with van der Waals surface area (Å²) in [7, 11) is 0. The molecule has 0 saturated heterocycles. The largest absolute Gasteiger partial charge is 0.480 e. The molecule has 0 fully saturated rings. The summed E-state index contributed by atoms with van der Waals surface area (Å²) in [6.07, 6.45) is 3.09. The number of nitrogens with two attached hydrogens (primary N) is 1. The number of H-pyrrole nitrogens is 1. The van der Waals surface area contributed by atoms with Gasteiger partial charge < -0.3 is 31.8 Å². The van der Waals surface area contributed by atoms with E-state index in [4.69, 9.17) is 5.73 Å². The number of nitrogens with zero attached hydrogens (tertiary/aromatic N) is 1. The lowest BCUT2D eigenvalue weighted by Crippen LogP contribution is -2.58. The van der Waals surface area contributed by atoms with Gasteiger partial charge in [0.15, 0.2) is 0 Å². The van der Waals surface area contributed by atoms with E-state index in [1.807, 2.05) is 6.07 Å². The van der Waals surface area contributed by atoms with Crippen LogP contribution in [0.1, 0.15) is 18.2 Å². The zero-order valence-electron chi connectivity index (χ0n) is 18.0. The molecule has 2 rings (SSSR count). The number of aliphatic carboxylic acids is 1. The van der Waals surface area contributed by atoms with Crippen LogP contribution in [-0.2, 0) is 32.0 Å². The number of carboxylic acid groups (broad SMARTS) is 1. The SMILES string of the molecule is CC(N)C(=O)NC(Cc1ccccc1)C(=O)NC(Cc1cnc[nH]1)C(=O)NC(CS)C(=O)O. The summed E-state index contributed by atoms with van der Waals surface area (Å²) in [5, 5.41) is 16.8. The minimum atomic E-state index is -1.25. The van der Waals surface area contributed by atoms with E-state index < -0.39 is 47.9 Å². The van der Waals surface area contributed by atoms with Gasteiger partial charge in [-0.2, -0.15) is 12.6 Å². The first kappa shape index (κ1) is 25.9. The summed E-state index contributed by atoms with van der Waals surface area (Å²) >= 11 is 3.94. The second-order valence-corrected chi connectivity index (χ2v) is 7.83. The third-order valence-electron chi connectivity index (χ3n) is 4.74. The monoisotopic (exact) mass is 476 g/mol. The maximum atomic E-state index is 13.1. The van der Waals surface area contributed by atoms with Crippen molar-refractivity contribution in [2.45, 2.75) is 43.9 Å². The van der Waals surface area contributed by atoms with Crippen LogP contribution in [0.15, 0.2) is 42.9 Å². The second-order valence-electron chi connectivity index (χ2n) is 7.46. The molecule has 0 saturated carbocycles. The molecule has 1 aromatic carbocycles. The molecule has 0 aliphatic carbocycles. The van der Waals surface area contributed by atoms with Gasteiger partial charge in [0.05, 0.1) is 12.4 Å². The Balaban J connectivity index is 2.23. The molecule has 0 spiro atoms. The predicted molar refractivity (Wildman–Crippen MR) is 123 cm³/mol. The molecular weight excluding hydrogens is 448 g/mol. The highest BCUT2D eigenvalue weighted by Gasteiger charge is 2.30. The number of carboxylic acids is 1. The van der Waals surface area contributed by atoms with Crippen LogP contribution in [-0.4, -0.2) is 68.7 Å². The molecule has 1 aromatic heterocycles. The van der Waals surface area contributed by atoms with Crippen molar-refractivity contribution < 1.29 is 24.3 Å². The fraction of sp³-hybridized carbons (Fsp3) is 0.381. The highest BCUT2D eigenvalue weighted by atomic mass is 32.1. The Morgan fingerprint density at radius 3 is 2.09 bits per heavy atom. The van der Waals surface area contributed by atoms with E-state index >= 15 is 0 Å². The highest BCUT2D eigenvalue weighted by molar-refractivity contribution is 7.80. The van der Waals surface area contributed by atoms with Crippen LogP contribution in [0.25, 0.3) is 0 Å². The van der Waals surface area contributed by atoms with Crippen molar-refractivity contribution in [3.05, 3.63) is 54.1 Å². The molecule has 33 heavy (non-hydrogen) atoms. The number of imidazole rings is 1. The van der Waals surface area contributed by atoms with Crippen LogP contribution in [0.2, 0.25) is 0 Å². The number of aromatic nitrogens is 2. The lowest BCUT2D eigenvalue weighted by molar-refractivity contribution is -0.141. The molecule has 11 nitrogen and oxygen atoms in total. The lowest BCUT2D eigenvalue weighted by atomic mass is 10.0. The van der Waals surface area contributed by atoms with E-state index in [2.05, 4.69) is 38.5 Å². The molecule has 4 unspecified atom stereocenters. The van der Waals surface area contributed by atoms with Crippen LogP contribution in [0.5, 0.6) is 0 Å². The van der Waals surface area contributed by atoms with E-state index in [9.17, 15) is 24.3 Å². The summed E-state index contributed by atoms with van der Waals surface area (Å²) in [5.74, 6) is -3.24. The minimum Gasteiger partial charge on any atom is -0.480 e. The molecule has 178 valence electrons. The number of rotatable bonds is 12. The molecule has 7 N–H and O–H groups in total. The average Bonchev–Trinajstić information content (AvgIpc) is 3.29. The Morgan fingerprint density at radius 2 is 1.58 bits per heavy atom. The van der Waals surface area contributed by atoms with Gasteiger partial charge in [0.1, 0.15) is 18.1 Å². The summed E-state index contributed by atoms with van der Waals surface area (Å²) in [6.45, 7) is 1.49. The Kier molecular flexibility index (Phi) is 9.88. The molecular formula is C21H28N6O5S. The van der Waals surface area contributed by atoms with Gasteiger partial charge in [-0.05, 0) is 12.5 Å². The third-order valence-corrected chi connectivity index (χ3v) is 5.10. The number of hydrogen-bond donors (Lipinski definition) is 7. The molecule has 4 atom stereocenters. The van der Waals surface area contributed by atoms with Crippen molar-refractivity contribution in [3.63, 3.8) is 0 Å². The second kappa shape index (κ2) is 12.6. The van der Waals surface area contributed by atoms with E-state index in [0.29, 0.717) is 5.69 Å². The van der Waals surface area contributed by atoms with Crippen LogP contribution in [0.3, 0.4) is 0 Å². The molecule has 0 radical (unpaired) electrons. The van der Waals surface area contributed by atoms with E-state index in [-0.39, 0.29) is 18.6 Å². The van der Waals surface area contributed by atoms with Gasteiger partial charge in [0.25, 0.3) is 0 Å². The van der Waals surface area contributed by atoms with Crippen LogP contribution >= 0.6 is 12.6 Å². The highest BCUT2D eigenvalue weighted by Crippen LogP contribution is 2.06. The molecule has 3 amide bonds. The lowest BCUT2D eigenvalue weighted by Gasteiger charge is -2.24. The number of hydrogen-bond acceptors (Lipinski definition) is 7. The number of nitrogens with one attached hydrogen (secondary N) is 4. The molecule has 0 aliphatic rings. The zero-order valence-corrected chi connectivity index (χ0v) is 18.9. The topological polar surface area (TPSA) is 179 Å². The first-order valence-electron chi connectivity index (χ1n) is 10.2. The normalized spacial score (nSPS) is 14.4. The first-order chi connectivity index (χ1) is 15.7. The minimum absolute atomic E-state index is 0.0236. The van der Waals surface area contributed by atoms with Gasteiger partial charge in [-0.15, -0.1) is 0 Å². The van der Waals surface area contributed by atoms with E-state index in [1.54, 1.807) is 24.3 Å². The fourth-order valence-corrected chi connectivity index (χ4v) is 3.17. The number of thiol groups is 1. The summed E-state index contributed by atoms with van der Waals surface area (Å²) in [4.78, 5) is 56.2. The molecule has 0 bridgehead atoms. The fourth-order valence-electron chi connectivity index (χ4n) is 2.92. The molecule has 0 aliphatic heterocycles. The van der Waals surface area contributed by atoms with E-state index in [0.717, 1.165) is 5.56 Å². The molecule has 1 heterocycles. The Hall–Kier alpha value is -3.38. The summed E-state index contributed by atoms with van der Waals surface area (Å²) < 4.78 is 0. The van der Waals surface area contributed by atoms with Crippen LogP contribution < -0.4 is 21.7 Å². The molecule has 12 heteroatoms. The Labute approximate surface area is 196 Å². The van der Waals surface area contributed by atoms with Gasteiger partial charge in [0.2, 0.25) is 17.7 Å². The van der Waals surface area contributed by atoms with Gasteiger partial charge in [-0.3, -0.25) is 14.4 Å². The van der Waals surface area contributed by atoms with Gasteiger partial charge in [-0.25, -0.2) is 9.78 Å². The van der Waals surface area contributed by atoms with E-state index in [1.165, 1.54) is 19.4 Å². The van der Waals surface area contributed by atoms with Gasteiger partial charge in [-0.1, -0.05) is 30.3 Å². The first-order valence-corrected chi connectivity index (χ1v) is 10.9. The van der Waals surface area contributed by atoms with Crippen molar-refractivity contribution in [2.24, 2.45) is 5.73 Å². The average molecular weight is 477 g/mol. The zero-order chi connectivity index (χ0) is 24.4. The predicted octanol–water partition coefficient (Wildman–Crippen LogP) is -0.989. The Morgan fingerprint density at radius 1 is 1.00 bits per heavy atom. The summed E-state index contributed by atoms with van der Waals surface area (Å²) in [5.41, 5.74) is 6.97. The number of carbonyl (C=O) groups excluding carboxylic acids is 3. The number of benzene rings is 1. The maximum absolute atomic E-state index is 13.1. The van der Waals surface area contributed by atoms with Crippen molar-refractivity contribution in [3.8, 4) is 0 Å². The van der Waals surface area contributed by atoms with Crippen molar-refractivity contribution >= 4 is 36.3 Å². The van der Waals surface area contributed by atoms with Gasteiger partial charge in [0, 0.05) is 30.5 Å². The van der Waals surface area contributed by atoms with Crippen LogP contribution in [0, 0.1) is 0 Å². The number of carbonyl (C=O) groups is 4. The molecule has 2 aromatic rings. The third kappa shape index (κ3) is 8.24. The van der Waals surface area contributed by atoms with Crippen molar-refractivity contribution in [1.29, 1.82) is 0 Å². The maximum Gasteiger partial charge on any atom is 0.327 e. The smallest absolute Gasteiger partial charge is 0.327 e. The number of aromatic amines is 1. The quantitative estimate of drug-likeness (QED) is 0.192. The number of amides is 3.